The number of hydrogen-bond acceptors (Lipinski definition) is 5. The van der Waals surface area contributed by atoms with Crippen molar-refractivity contribution >= 4 is 34.7 Å². The first-order valence-electron chi connectivity index (χ1n) is 6.79. The van der Waals surface area contributed by atoms with Crippen LogP contribution >= 0.6 is 11.3 Å². The molecule has 1 aromatic carbocycles. The third-order valence-corrected chi connectivity index (χ3v) is 4.10. The van der Waals surface area contributed by atoms with Gasteiger partial charge in [0.05, 0.1) is 5.56 Å². The second-order valence-electron chi connectivity index (χ2n) is 4.93. The molecule has 0 bridgehead atoms. The summed E-state index contributed by atoms with van der Waals surface area (Å²) in [5.74, 6) is -0.778. The monoisotopic (exact) mass is 315 g/mol. The van der Waals surface area contributed by atoms with Gasteiger partial charge in [-0.05, 0) is 41.6 Å². The Hall–Kier alpha value is -2.47. The Balaban J connectivity index is 1.65. The molecule has 0 aliphatic carbocycles. The van der Waals surface area contributed by atoms with E-state index in [9.17, 15) is 14.4 Å². The van der Waals surface area contributed by atoms with Crippen LogP contribution in [0.25, 0.3) is 0 Å². The topological polar surface area (TPSA) is 72.5 Å². The highest BCUT2D eigenvalue weighted by molar-refractivity contribution is 7.08. The first-order chi connectivity index (χ1) is 10.6. The molecule has 3 rings (SSSR count). The summed E-state index contributed by atoms with van der Waals surface area (Å²) in [4.78, 5) is 35.1. The van der Waals surface area contributed by atoms with Crippen LogP contribution in [0, 0.1) is 0 Å². The molecule has 0 radical (unpaired) electrons. The highest BCUT2D eigenvalue weighted by atomic mass is 32.1. The number of carbonyl (C=O) groups is 3. The summed E-state index contributed by atoms with van der Waals surface area (Å²) < 4.78 is 5.01. The predicted molar refractivity (Wildman–Crippen MR) is 82.3 cm³/mol. The SMILES string of the molecule is O=C1CCc2cc(C(=O)COC(=O)c3ccsc3)ccc2N1. The summed E-state index contributed by atoms with van der Waals surface area (Å²) in [5.41, 5.74) is 2.59. The molecule has 0 atom stereocenters. The Bertz CT molecular complexity index is 737. The number of ether oxygens (including phenoxy) is 1. The minimum absolute atomic E-state index is 0.0173. The molecule has 112 valence electrons. The highest BCUT2D eigenvalue weighted by Crippen LogP contribution is 2.23. The van der Waals surface area contributed by atoms with Crippen LogP contribution in [0.1, 0.15) is 32.7 Å². The fourth-order valence-electron chi connectivity index (χ4n) is 2.24. The van der Waals surface area contributed by atoms with Crippen LogP contribution in [0.3, 0.4) is 0 Å². The van der Waals surface area contributed by atoms with E-state index in [1.165, 1.54) is 11.3 Å². The Labute approximate surface area is 130 Å². The van der Waals surface area contributed by atoms with Crippen molar-refractivity contribution in [2.75, 3.05) is 11.9 Å². The van der Waals surface area contributed by atoms with Crippen molar-refractivity contribution in [1.29, 1.82) is 0 Å². The minimum atomic E-state index is -0.500. The maximum Gasteiger partial charge on any atom is 0.339 e. The van der Waals surface area contributed by atoms with Crippen LogP contribution in [-0.2, 0) is 16.0 Å². The molecular formula is C16H13NO4S. The number of esters is 1. The van der Waals surface area contributed by atoms with Gasteiger partial charge in [-0.1, -0.05) is 0 Å². The van der Waals surface area contributed by atoms with Crippen molar-refractivity contribution in [2.24, 2.45) is 0 Å². The van der Waals surface area contributed by atoms with Crippen LogP contribution in [0.5, 0.6) is 0 Å². The molecule has 0 saturated carbocycles. The maximum atomic E-state index is 12.1. The van der Waals surface area contributed by atoms with Crippen molar-refractivity contribution in [1.82, 2.24) is 0 Å². The molecule has 0 spiro atoms. The number of fused-ring (bicyclic) bond motifs is 1. The summed E-state index contributed by atoms with van der Waals surface area (Å²) >= 11 is 1.39. The van der Waals surface area contributed by atoms with E-state index in [4.69, 9.17) is 4.74 Å². The van der Waals surface area contributed by atoms with Crippen molar-refractivity contribution in [3.63, 3.8) is 0 Å². The molecule has 1 aromatic heterocycles. The first-order valence-corrected chi connectivity index (χ1v) is 7.73. The molecular weight excluding hydrogens is 302 g/mol. The van der Waals surface area contributed by atoms with Gasteiger partial charge in [-0.2, -0.15) is 11.3 Å². The summed E-state index contributed by atoms with van der Waals surface area (Å²) in [7, 11) is 0. The number of rotatable bonds is 4. The third kappa shape index (κ3) is 3.07. The Morgan fingerprint density at radius 2 is 2.05 bits per heavy atom. The lowest BCUT2D eigenvalue weighted by Gasteiger charge is -2.17. The minimum Gasteiger partial charge on any atom is -0.454 e. The van der Waals surface area contributed by atoms with Crippen LogP contribution in [-0.4, -0.2) is 24.3 Å². The molecule has 1 amide bonds. The number of carbonyl (C=O) groups excluding carboxylic acids is 3. The average molecular weight is 315 g/mol. The third-order valence-electron chi connectivity index (χ3n) is 3.41. The van der Waals surface area contributed by atoms with E-state index in [1.54, 1.807) is 35.0 Å². The molecule has 0 fully saturated rings. The van der Waals surface area contributed by atoms with Crippen LogP contribution in [0.2, 0.25) is 0 Å². The summed E-state index contributed by atoms with van der Waals surface area (Å²) in [5, 5.41) is 6.21. The number of amides is 1. The molecule has 0 saturated heterocycles. The Kier molecular flexibility index (Phi) is 4.02. The number of benzene rings is 1. The maximum absolute atomic E-state index is 12.1. The lowest BCUT2D eigenvalue weighted by atomic mass is 9.99. The lowest BCUT2D eigenvalue weighted by Crippen LogP contribution is -2.20. The predicted octanol–water partition coefficient (Wildman–Crippen LogP) is 2.67. The van der Waals surface area contributed by atoms with Gasteiger partial charge in [-0.15, -0.1) is 0 Å². The van der Waals surface area contributed by atoms with E-state index in [2.05, 4.69) is 5.32 Å². The van der Waals surface area contributed by atoms with Gasteiger partial charge in [0, 0.05) is 23.1 Å². The number of nitrogens with one attached hydrogen (secondary N) is 1. The number of anilines is 1. The van der Waals surface area contributed by atoms with Gasteiger partial charge in [0.15, 0.2) is 12.4 Å². The Morgan fingerprint density at radius 3 is 2.82 bits per heavy atom. The van der Waals surface area contributed by atoms with Gasteiger partial charge in [0.1, 0.15) is 0 Å². The van der Waals surface area contributed by atoms with Gasteiger partial charge in [0.25, 0.3) is 0 Å². The summed E-state index contributed by atoms with van der Waals surface area (Å²) in [6, 6.07) is 6.74. The largest absolute Gasteiger partial charge is 0.454 e. The molecule has 6 heteroatoms. The van der Waals surface area contributed by atoms with Crippen LogP contribution < -0.4 is 5.32 Å². The van der Waals surface area contributed by atoms with Gasteiger partial charge < -0.3 is 10.1 Å². The smallest absolute Gasteiger partial charge is 0.339 e. The van der Waals surface area contributed by atoms with E-state index in [0.29, 0.717) is 24.0 Å². The molecule has 1 aliphatic rings. The second kappa shape index (κ2) is 6.11. The molecule has 2 aromatic rings. The van der Waals surface area contributed by atoms with E-state index in [1.807, 2.05) is 0 Å². The first kappa shape index (κ1) is 14.5. The van der Waals surface area contributed by atoms with Crippen LogP contribution in [0.4, 0.5) is 5.69 Å². The number of Topliss-reactive ketones (excluding diaryl/α,β-unsaturated/α-hetero) is 1. The summed E-state index contributed by atoms with van der Waals surface area (Å²) in [6.07, 6.45) is 1.02. The average Bonchev–Trinajstić information content (AvgIpc) is 3.06. The van der Waals surface area contributed by atoms with Crippen molar-refractivity contribution in [2.45, 2.75) is 12.8 Å². The van der Waals surface area contributed by atoms with Gasteiger partial charge in [0.2, 0.25) is 5.91 Å². The number of aryl methyl sites for hydroxylation is 1. The van der Waals surface area contributed by atoms with Crippen LogP contribution in [0.15, 0.2) is 35.0 Å². The van der Waals surface area contributed by atoms with Crippen molar-refractivity contribution in [3.8, 4) is 0 Å². The molecule has 5 nitrogen and oxygen atoms in total. The number of hydrogen-bond donors (Lipinski definition) is 1. The fourth-order valence-corrected chi connectivity index (χ4v) is 2.86. The molecule has 22 heavy (non-hydrogen) atoms. The van der Waals surface area contributed by atoms with E-state index >= 15 is 0 Å². The fraction of sp³-hybridized carbons (Fsp3) is 0.188. The molecule has 1 aliphatic heterocycles. The highest BCUT2D eigenvalue weighted by Gasteiger charge is 2.17. The van der Waals surface area contributed by atoms with Crippen molar-refractivity contribution in [3.05, 3.63) is 51.7 Å². The zero-order valence-electron chi connectivity index (χ0n) is 11.6. The normalized spacial score (nSPS) is 13.2. The second-order valence-corrected chi connectivity index (χ2v) is 5.71. The standard InChI is InChI=1S/C16H13NO4S/c18-14(8-21-16(20)12-5-6-22-9-12)11-1-3-13-10(7-11)2-4-15(19)17-13/h1,3,5-7,9H,2,4,8H2,(H,17,19). The quantitative estimate of drug-likeness (QED) is 0.695. The Morgan fingerprint density at radius 1 is 1.18 bits per heavy atom. The van der Waals surface area contributed by atoms with E-state index in [0.717, 1.165) is 11.3 Å². The number of thiophene rings is 1. The lowest BCUT2D eigenvalue weighted by molar-refractivity contribution is -0.116. The summed E-state index contributed by atoms with van der Waals surface area (Å²) in [6.45, 7) is -0.292. The van der Waals surface area contributed by atoms with Gasteiger partial charge in [-0.25, -0.2) is 4.79 Å². The number of ketones is 1. The van der Waals surface area contributed by atoms with Gasteiger partial charge >= 0.3 is 5.97 Å². The molecule has 0 unspecified atom stereocenters. The molecule has 1 N–H and O–H groups in total. The van der Waals surface area contributed by atoms with E-state index in [-0.39, 0.29) is 18.3 Å². The zero-order chi connectivity index (χ0) is 15.5. The van der Waals surface area contributed by atoms with Crippen molar-refractivity contribution < 1.29 is 19.1 Å². The van der Waals surface area contributed by atoms with E-state index < -0.39 is 5.97 Å². The molecule has 2 heterocycles. The van der Waals surface area contributed by atoms with Gasteiger partial charge in [-0.3, -0.25) is 9.59 Å². The zero-order valence-corrected chi connectivity index (χ0v) is 12.4.